The van der Waals surface area contributed by atoms with Crippen LogP contribution in [0.3, 0.4) is 0 Å². The molecule has 0 saturated carbocycles. The van der Waals surface area contributed by atoms with E-state index in [0.717, 1.165) is 11.6 Å². The summed E-state index contributed by atoms with van der Waals surface area (Å²) in [6.45, 7) is 1.14. The number of aryl methyl sites for hydroxylation is 1. The van der Waals surface area contributed by atoms with Crippen LogP contribution in [0.1, 0.15) is 34.0 Å². The predicted molar refractivity (Wildman–Crippen MR) is 121 cm³/mol. The van der Waals surface area contributed by atoms with E-state index in [1.807, 2.05) is 13.0 Å². The summed E-state index contributed by atoms with van der Waals surface area (Å²) in [6, 6.07) is 13.6. The molecule has 0 spiro atoms. The Morgan fingerprint density at radius 2 is 1.76 bits per heavy atom. The normalized spacial score (nSPS) is 11.8. The number of ether oxygens (including phenoxy) is 1. The van der Waals surface area contributed by atoms with Crippen LogP contribution in [0.15, 0.2) is 54.6 Å². The standard InChI is InChI=1S/C25H21F3N2O4/c1-2-14-10-19-23(20(11-14)34-13-21(31)32)22-16(24(29)33)7-5-9-18(22)30(19)12-15-6-3-4-8-17(15)25(26,27)28/h3-11H,2,12-13H2,1H3,(H2,29,33)(H,31,32). The Morgan fingerprint density at radius 1 is 1.03 bits per heavy atom. The summed E-state index contributed by atoms with van der Waals surface area (Å²) in [4.78, 5) is 23.4. The van der Waals surface area contributed by atoms with E-state index in [2.05, 4.69) is 0 Å². The lowest BCUT2D eigenvalue weighted by atomic mass is 10.0. The molecule has 0 fully saturated rings. The lowest BCUT2D eigenvalue weighted by molar-refractivity contribution is -0.139. The van der Waals surface area contributed by atoms with E-state index in [1.165, 1.54) is 24.3 Å². The highest BCUT2D eigenvalue weighted by atomic mass is 19.4. The molecule has 9 heteroatoms. The molecule has 34 heavy (non-hydrogen) atoms. The van der Waals surface area contributed by atoms with E-state index < -0.39 is 30.2 Å². The minimum Gasteiger partial charge on any atom is -0.481 e. The van der Waals surface area contributed by atoms with Gasteiger partial charge in [-0.1, -0.05) is 31.2 Å². The van der Waals surface area contributed by atoms with Crippen molar-refractivity contribution in [1.29, 1.82) is 0 Å². The summed E-state index contributed by atoms with van der Waals surface area (Å²) in [5.74, 6) is -1.68. The molecule has 1 aromatic heterocycles. The number of nitrogens with zero attached hydrogens (tertiary/aromatic N) is 1. The van der Waals surface area contributed by atoms with Gasteiger partial charge in [-0.05, 0) is 47.9 Å². The number of halogens is 3. The number of nitrogens with two attached hydrogens (primary N) is 1. The fourth-order valence-corrected chi connectivity index (χ4v) is 4.22. The zero-order valence-electron chi connectivity index (χ0n) is 18.1. The molecule has 4 aromatic rings. The quantitative estimate of drug-likeness (QED) is 0.398. The molecule has 0 aliphatic rings. The maximum absolute atomic E-state index is 13.7. The smallest absolute Gasteiger partial charge is 0.416 e. The monoisotopic (exact) mass is 470 g/mol. The van der Waals surface area contributed by atoms with E-state index in [4.69, 9.17) is 15.6 Å². The zero-order valence-corrected chi connectivity index (χ0v) is 18.1. The Balaban J connectivity index is 2.08. The van der Waals surface area contributed by atoms with Gasteiger partial charge in [0.1, 0.15) is 5.75 Å². The number of rotatable bonds is 7. The van der Waals surface area contributed by atoms with Crippen LogP contribution in [0, 0.1) is 0 Å². The number of carboxylic acids is 1. The summed E-state index contributed by atoms with van der Waals surface area (Å²) in [6.07, 6.45) is -3.97. The van der Waals surface area contributed by atoms with E-state index in [-0.39, 0.29) is 23.4 Å². The van der Waals surface area contributed by atoms with Crippen molar-refractivity contribution < 1.29 is 32.6 Å². The minimum atomic E-state index is -4.54. The van der Waals surface area contributed by atoms with Gasteiger partial charge in [-0.25, -0.2) is 4.79 Å². The Kier molecular flexibility index (Phi) is 5.95. The van der Waals surface area contributed by atoms with Gasteiger partial charge in [0.15, 0.2) is 6.61 Å². The predicted octanol–water partition coefficient (Wildman–Crippen LogP) is 4.99. The van der Waals surface area contributed by atoms with Crippen LogP contribution in [-0.2, 0) is 23.9 Å². The average molecular weight is 470 g/mol. The minimum absolute atomic E-state index is 0.0492. The molecular formula is C25H21F3N2O4. The average Bonchev–Trinajstić information content (AvgIpc) is 3.10. The van der Waals surface area contributed by atoms with Gasteiger partial charge >= 0.3 is 12.1 Å². The summed E-state index contributed by atoms with van der Waals surface area (Å²) in [7, 11) is 0. The molecule has 0 atom stereocenters. The van der Waals surface area contributed by atoms with Crippen molar-refractivity contribution in [3.8, 4) is 5.75 Å². The number of carboxylic acid groups (broad SMARTS) is 1. The lowest BCUT2D eigenvalue weighted by Gasteiger charge is -2.15. The van der Waals surface area contributed by atoms with Gasteiger partial charge in [0.05, 0.1) is 22.0 Å². The number of carbonyl (C=O) groups is 2. The van der Waals surface area contributed by atoms with Crippen molar-refractivity contribution in [2.45, 2.75) is 26.1 Å². The van der Waals surface area contributed by atoms with Gasteiger partial charge in [-0.15, -0.1) is 0 Å². The maximum Gasteiger partial charge on any atom is 0.416 e. The van der Waals surface area contributed by atoms with Gasteiger partial charge < -0.3 is 20.1 Å². The molecule has 0 aliphatic carbocycles. The second-order valence-corrected chi connectivity index (χ2v) is 7.83. The number of hydrogen-bond donors (Lipinski definition) is 2. The summed E-state index contributed by atoms with van der Waals surface area (Å²) in [5.41, 5.74) is 6.85. The van der Waals surface area contributed by atoms with E-state index in [0.29, 0.717) is 28.2 Å². The van der Waals surface area contributed by atoms with E-state index in [1.54, 1.807) is 22.8 Å². The number of aromatic nitrogens is 1. The highest BCUT2D eigenvalue weighted by Gasteiger charge is 2.33. The van der Waals surface area contributed by atoms with Crippen molar-refractivity contribution in [3.63, 3.8) is 0 Å². The first kappa shape index (κ1) is 23.2. The van der Waals surface area contributed by atoms with Crippen LogP contribution in [0.5, 0.6) is 5.75 Å². The largest absolute Gasteiger partial charge is 0.481 e. The number of benzene rings is 3. The zero-order chi connectivity index (χ0) is 24.6. The topological polar surface area (TPSA) is 94.6 Å². The second kappa shape index (κ2) is 8.74. The Morgan fingerprint density at radius 3 is 2.41 bits per heavy atom. The van der Waals surface area contributed by atoms with Gasteiger partial charge in [0.25, 0.3) is 0 Å². The summed E-state index contributed by atoms with van der Waals surface area (Å²) in [5, 5.41) is 9.95. The molecule has 0 saturated heterocycles. The van der Waals surface area contributed by atoms with Crippen LogP contribution < -0.4 is 10.5 Å². The number of aliphatic carboxylic acids is 1. The molecule has 0 bridgehead atoms. The second-order valence-electron chi connectivity index (χ2n) is 7.83. The fraction of sp³-hybridized carbons (Fsp3) is 0.200. The van der Waals surface area contributed by atoms with Crippen molar-refractivity contribution in [2.75, 3.05) is 6.61 Å². The number of hydrogen-bond acceptors (Lipinski definition) is 3. The fourth-order valence-electron chi connectivity index (χ4n) is 4.22. The number of primary amides is 1. The van der Waals surface area contributed by atoms with Gasteiger partial charge in [0.2, 0.25) is 5.91 Å². The van der Waals surface area contributed by atoms with Crippen molar-refractivity contribution in [2.24, 2.45) is 5.73 Å². The lowest BCUT2D eigenvalue weighted by Crippen LogP contribution is -2.12. The first-order valence-corrected chi connectivity index (χ1v) is 10.5. The molecule has 0 aliphatic heterocycles. The first-order chi connectivity index (χ1) is 16.1. The highest BCUT2D eigenvalue weighted by molar-refractivity contribution is 6.20. The molecule has 1 heterocycles. The highest BCUT2D eigenvalue weighted by Crippen LogP contribution is 2.40. The Hall–Kier alpha value is -4.01. The molecule has 1 amide bonds. The van der Waals surface area contributed by atoms with Crippen LogP contribution in [0.4, 0.5) is 13.2 Å². The van der Waals surface area contributed by atoms with Gasteiger partial charge in [0, 0.05) is 17.5 Å². The molecular weight excluding hydrogens is 449 g/mol. The molecule has 0 unspecified atom stereocenters. The van der Waals surface area contributed by atoms with Crippen LogP contribution >= 0.6 is 0 Å². The number of fused-ring (bicyclic) bond motifs is 3. The number of carbonyl (C=O) groups excluding carboxylic acids is 1. The maximum atomic E-state index is 13.7. The van der Waals surface area contributed by atoms with Crippen LogP contribution in [0.25, 0.3) is 21.8 Å². The van der Waals surface area contributed by atoms with Gasteiger partial charge in [-0.2, -0.15) is 13.2 Å². The van der Waals surface area contributed by atoms with Crippen molar-refractivity contribution in [3.05, 3.63) is 76.9 Å². The SMILES string of the molecule is CCc1cc(OCC(=O)O)c2c3c(C(N)=O)cccc3n(Cc3ccccc3C(F)(F)F)c2c1. The molecule has 6 nitrogen and oxygen atoms in total. The Labute approximate surface area is 192 Å². The van der Waals surface area contributed by atoms with Crippen molar-refractivity contribution >= 4 is 33.7 Å². The van der Waals surface area contributed by atoms with Crippen LogP contribution in [-0.4, -0.2) is 28.2 Å². The third-order valence-electron chi connectivity index (χ3n) is 5.69. The molecule has 176 valence electrons. The molecule has 0 radical (unpaired) electrons. The number of amides is 1. The molecule has 3 aromatic carbocycles. The molecule has 4 rings (SSSR count). The first-order valence-electron chi connectivity index (χ1n) is 10.5. The van der Waals surface area contributed by atoms with Gasteiger partial charge in [-0.3, -0.25) is 4.79 Å². The third kappa shape index (κ3) is 4.16. The van der Waals surface area contributed by atoms with Crippen molar-refractivity contribution in [1.82, 2.24) is 4.57 Å². The Bertz CT molecular complexity index is 1420. The van der Waals surface area contributed by atoms with Crippen LogP contribution in [0.2, 0.25) is 0 Å². The van der Waals surface area contributed by atoms with E-state index >= 15 is 0 Å². The summed E-state index contributed by atoms with van der Waals surface area (Å²) < 4.78 is 48.3. The molecule has 3 N–H and O–H groups in total. The van der Waals surface area contributed by atoms with E-state index in [9.17, 15) is 22.8 Å². The third-order valence-corrected chi connectivity index (χ3v) is 5.69. The number of alkyl halides is 3. The summed E-state index contributed by atoms with van der Waals surface area (Å²) >= 11 is 0.